The Morgan fingerprint density at radius 3 is 2.74 bits per heavy atom. The van der Waals surface area contributed by atoms with Crippen LogP contribution in [0.1, 0.15) is 22.4 Å². The number of amides is 2. The molecule has 27 heavy (non-hydrogen) atoms. The smallest absolute Gasteiger partial charge is 0.317 e. The van der Waals surface area contributed by atoms with Gasteiger partial charge in [0.2, 0.25) is 6.79 Å². The SMILES string of the molecule is Cc1[nH]c2ccc(CNC(=O)N(C)Cc3ccc4c(c3)OCO4)cc2c1C. The highest BCUT2D eigenvalue weighted by Gasteiger charge is 2.15. The average molecular weight is 365 g/mol. The van der Waals surface area contributed by atoms with Crippen molar-refractivity contribution in [1.29, 1.82) is 0 Å². The zero-order valence-electron chi connectivity index (χ0n) is 15.8. The van der Waals surface area contributed by atoms with Gasteiger partial charge in [0.1, 0.15) is 0 Å². The zero-order chi connectivity index (χ0) is 19.0. The molecule has 6 heteroatoms. The topological polar surface area (TPSA) is 66.6 Å². The van der Waals surface area contributed by atoms with Gasteiger partial charge in [-0.25, -0.2) is 4.79 Å². The van der Waals surface area contributed by atoms with Crippen LogP contribution in [0.15, 0.2) is 36.4 Å². The van der Waals surface area contributed by atoms with E-state index < -0.39 is 0 Å². The molecule has 2 N–H and O–H groups in total. The van der Waals surface area contributed by atoms with Crippen LogP contribution >= 0.6 is 0 Å². The number of carbonyl (C=O) groups is 1. The summed E-state index contributed by atoms with van der Waals surface area (Å²) >= 11 is 0. The molecule has 2 aromatic carbocycles. The third-order valence-electron chi connectivity index (χ3n) is 5.02. The number of carbonyl (C=O) groups excluding carboxylic acids is 1. The molecule has 2 heterocycles. The molecule has 4 rings (SSSR count). The number of nitrogens with one attached hydrogen (secondary N) is 2. The Morgan fingerprint density at radius 2 is 1.89 bits per heavy atom. The van der Waals surface area contributed by atoms with E-state index in [1.807, 2.05) is 24.3 Å². The van der Waals surface area contributed by atoms with Gasteiger partial charge in [0, 0.05) is 36.7 Å². The van der Waals surface area contributed by atoms with Gasteiger partial charge in [-0.15, -0.1) is 0 Å². The molecule has 0 atom stereocenters. The highest BCUT2D eigenvalue weighted by atomic mass is 16.7. The van der Waals surface area contributed by atoms with Gasteiger partial charge in [-0.3, -0.25) is 0 Å². The van der Waals surface area contributed by atoms with Crippen molar-refractivity contribution in [2.45, 2.75) is 26.9 Å². The van der Waals surface area contributed by atoms with Gasteiger partial charge in [-0.2, -0.15) is 0 Å². The number of aromatic amines is 1. The fraction of sp³-hybridized carbons (Fsp3) is 0.286. The van der Waals surface area contributed by atoms with Crippen LogP contribution in [0.2, 0.25) is 0 Å². The number of nitrogens with zero attached hydrogens (tertiary/aromatic N) is 1. The summed E-state index contributed by atoms with van der Waals surface area (Å²) in [5, 5.41) is 4.18. The molecular formula is C21H23N3O3. The minimum absolute atomic E-state index is 0.116. The Morgan fingerprint density at radius 1 is 1.11 bits per heavy atom. The van der Waals surface area contributed by atoms with E-state index in [4.69, 9.17) is 9.47 Å². The maximum Gasteiger partial charge on any atom is 0.317 e. The Kier molecular flexibility index (Phi) is 4.39. The molecule has 0 bridgehead atoms. The van der Waals surface area contributed by atoms with Gasteiger partial charge in [-0.05, 0) is 54.8 Å². The lowest BCUT2D eigenvalue weighted by molar-refractivity contribution is 0.174. The first-order valence-corrected chi connectivity index (χ1v) is 8.96. The van der Waals surface area contributed by atoms with Gasteiger partial charge in [0.05, 0.1) is 0 Å². The van der Waals surface area contributed by atoms with E-state index in [9.17, 15) is 4.79 Å². The highest BCUT2D eigenvalue weighted by molar-refractivity contribution is 5.85. The van der Waals surface area contributed by atoms with E-state index >= 15 is 0 Å². The second kappa shape index (κ2) is 6.87. The largest absolute Gasteiger partial charge is 0.454 e. The van der Waals surface area contributed by atoms with Gasteiger partial charge < -0.3 is 24.7 Å². The van der Waals surface area contributed by atoms with Crippen LogP contribution in [-0.4, -0.2) is 29.8 Å². The summed E-state index contributed by atoms with van der Waals surface area (Å²) in [6.45, 7) is 5.42. The number of hydrogen-bond donors (Lipinski definition) is 2. The molecule has 6 nitrogen and oxygen atoms in total. The molecule has 1 aliphatic rings. The van der Waals surface area contributed by atoms with Crippen molar-refractivity contribution in [2.24, 2.45) is 0 Å². The van der Waals surface area contributed by atoms with E-state index in [2.05, 4.69) is 36.3 Å². The van der Waals surface area contributed by atoms with Crippen molar-refractivity contribution in [1.82, 2.24) is 15.2 Å². The van der Waals surface area contributed by atoms with Crippen molar-refractivity contribution < 1.29 is 14.3 Å². The van der Waals surface area contributed by atoms with Crippen LogP contribution in [0.25, 0.3) is 10.9 Å². The first-order valence-electron chi connectivity index (χ1n) is 8.96. The van der Waals surface area contributed by atoms with E-state index in [1.54, 1.807) is 11.9 Å². The van der Waals surface area contributed by atoms with Gasteiger partial charge in [0.25, 0.3) is 0 Å². The van der Waals surface area contributed by atoms with E-state index in [0.29, 0.717) is 13.1 Å². The molecule has 1 aromatic heterocycles. The Bertz CT molecular complexity index is 1010. The first-order chi connectivity index (χ1) is 13.0. The minimum Gasteiger partial charge on any atom is -0.454 e. The lowest BCUT2D eigenvalue weighted by atomic mass is 10.1. The second-order valence-electron chi connectivity index (χ2n) is 6.96. The standard InChI is InChI=1S/C21H23N3O3/c1-13-14(2)23-18-6-4-15(8-17(13)18)10-22-21(25)24(3)11-16-5-7-19-20(9-16)27-12-26-19/h4-9,23H,10-12H2,1-3H3,(H,22,25). The van der Waals surface area contributed by atoms with Gasteiger partial charge in [0.15, 0.2) is 11.5 Å². The first kappa shape index (κ1) is 17.3. The van der Waals surface area contributed by atoms with Crippen molar-refractivity contribution in [2.75, 3.05) is 13.8 Å². The number of benzene rings is 2. The van der Waals surface area contributed by atoms with E-state index in [0.717, 1.165) is 28.1 Å². The van der Waals surface area contributed by atoms with Crippen molar-refractivity contribution in [3.63, 3.8) is 0 Å². The number of aromatic nitrogens is 1. The average Bonchev–Trinajstić information content (AvgIpc) is 3.24. The maximum atomic E-state index is 12.4. The summed E-state index contributed by atoms with van der Waals surface area (Å²) in [4.78, 5) is 17.5. The molecule has 0 saturated heterocycles. The molecule has 0 radical (unpaired) electrons. The molecular weight excluding hydrogens is 342 g/mol. The minimum atomic E-state index is -0.116. The molecule has 0 aliphatic carbocycles. The van der Waals surface area contributed by atoms with E-state index in [1.165, 1.54) is 16.6 Å². The van der Waals surface area contributed by atoms with Gasteiger partial charge in [-0.1, -0.05) is 12.1 Å². The van der Waals surface area contributed by atoms with E-state index in [-0.39, 0.29) is 12.8 Å². The molecule has 1 aliphatic heterocycles. The number of ether oxygens (including phenoxy) is 2. The number of hydrogen-bond acceptors (Lipinski definition) is 3. The van der Waals surface area contributed by atoms with Crippen molar-refractivity contribution in [3.8, 4) is 11.5 Å². The fourth-order valence-corrected chi connectivity index (χ4v) is 3.32. The van der Waals surface area contributed by atoms with Crippen LogP contribution in [0, 0.1) is 13.8 Å². The number of urea groups is 1. The number of H-pyrrole nitrogens is 1. The van der Waals surface area contributed by atoms with Crippen molar-refractivity contribution in [3.05, 3.63) is 58.8 Å². The summed E-state index contributed by atoms with van der Waals surface area (Å²) in [6, 6.07) is 11.9. The zero-order valence-corrected chi connectivity index (χ0v) is 15.8. The molecule has 0 saturated carbocycles. The third-order valence-corrected chi connectivity index (χ3v) is 5.02. The highest BCUT2D eigenvalue weighted by Crippen LogP contribution is 2.32. The predicted molar refractivity (Wildman–Crippen MR) is 104 cm³/mol. The second-order valence-corrected chi connectivity index (χ2v) is 6.96. The lowest BCUT2D eigenvalue weighted by Crippen LogP contribution is -2.36. The number of fused-ring (bicyclic) bond motifs is 2. The quantitative estimate of drug-likeness (QED) is 0.738. The van der Waals surface area contributed by atoms with Crippen LogP contribution in [0.3, 0.4) is 0 Å². The molecule has 0 fully saturated rings. The maximum absolute atomic E-state index is 12.4. The van der Waals surface area contributed by atoms with Gasteiger partial charge >= 0.3 is 6.03 Å². The fourth-order valence-electron chi connectivity index (χ4n) is 3.32. The summed E-state index contributed by atoms with van der Waals surface area (Å²) in [7, 11) is 1.78. The molecule has 140 valence electrons. The van der Waals surface area contributed by atoms with Crippen LogP contribution < -0.4 is 14.8 Å². The monoisotopic (exact) mass is 365 g/mol. The van der Waals surface area contributed by atoms with Crippen LogP contribution in [-0.2, 0) is 13.1 Å². The number of rotatable bonds is 4. The Balaban J connectivity index is 1.38. The summed E-state index contributed by atoms with van der Waals surface area (Å²) in [5.41, 5.74) is 5.62. The Labute approximate surface area is 158 Å². The summed E-state index contributed by atoms with van der Waals surface area (Å²) < 4.78 is 10.7. The summed E-state index contributed by atoms with van der Waals surface area (Å²) in [5.74, 6) is 1.48. The molecule has 0 unspecified atom stereocenters. The molecule has 3 aromatic rings. The number of aryl methyl sites for hydroxylation is 2. The summed E-state index contributed by atoms with van der Waals surface area (Å²) in [6.07, 6.45) is 0. The molecule has 2 amide bonds. The van der Waals surface area contributed by atoms with Crippen molar-refractivity contribution >= 4 is 16.9 Å². The normalized spacial score (nSPS) is 12.4. The lowest BCUT2D eigenvalue weighted by Gasteiger charge is -2.18. The van der Waals surface area contributed by atoms with Crippen LogP contribution in [0.5, 0.6) is 11.5 Å². The molecule has 0 spiro atoms. The third kappa shape index (κ3) is 3.43. The Hall–Kier alpha value is -3.15. The van der Waals surface area contributed by atoms with Crippen LogP contribution in [0.4, 0.5) is 4.79 Å². The predicted octanol–water partition coefficient (Wildman–Crippen LogP) is 3.86.